The second kappa shape index (κ2) is 2.96. The molecule has 0 unspecified atom stereocenters. The summed E-state index contributed by atoms with van der Waals surface area (Å²) < 4.78 is 5.03. The summed E-state index contributed by atoms with van der Waals surface area (Å²) in [5, 5.41) is 0. The van der Waals surface area contributed by atoms with Gasteiger partial charge in [0, 0.05) is 22.4 Å². The standard InChI is InChI=1S/C6H6BrNO2/c1-2-5-4(3-9)8-6(7)10-5/h3H,2H2,1H3. The van der Waals surface area contributed by atoms with E-state index >= 15 is 0 Å². The maximum Gasteiger partial charge on any atom is 0.264 e. The van der Waals surface area contributed by atoms with Gasteiger partial charge in [-0.2, -0.15) is 0 Å². The van der Waals surface area contributed by atoms with Crippen LogP contribution in [0.4, 0.5) is 0 Å². The molecule has 1 aromatic heterocycles. The molecular formula is C6H6BrNO2. The molecule has 0 aromatic carbocycles. The van der Waals surface area contributed by atoms with E-state index in [0.29, 0.717) is 29.0 Å². The van der Waals surface area contributed by atoms with Crippen LogP contribution in [0, 0.1) is 0 Å². The minimum absolute atomic E-state index is 0.367. The number of hydrogen-bond donors (Lipinski definition) is 0. The van der Waals surface area contributed by atoms with Crippen molar-refractivity contribution in [1.82, 2.24) is 4.98 Å². The minimum Gasteiger partial charge on any atom is -0.436 e. The van der Waals surface area contributed by atoms with Crippen LogP contribution >= 0.6 is 15.9 Å². The summed E-state index contributed by atoms with van der Waals surface area (Å²) in [4.78, 5) is 14.4. The Balaban J connectivity index is 3.08. The van der Waals surface area contributed by atoms with Crippen molar-refractivity contribution < 1.29 is 9.21 Å². The first-order valence-corrected chi connectivity index (χ1v) is 3.67. The largest absolute Gasteiger partial charge is 0.436 e. The Morgan fingerprint density at radius 1 is 1.80 bits per heavy atom. The first-order chi connectivity index (χ1) is 4.77. The van der Waals surface area contributed by atoms with Crippen molar-refractivity contribution in [2.45, 2.75) is 13.3 Å². The van der Waals surface area contributed by atoms with Gasteiger partial charge in [-0.25, -0.2) is 4.98 Å². The third-order valence-electron chi connectivity index (χ3n) is 1.13. The van der Waals surface area contributed by atoms with Crippen LogP contribution in [-0.4, -0.2) is 11.3 Å². The second-order valence-corrected chi connectivity index (χ2v) is 2.43. The van der Waals surface area contributed by atoms with E-state index < -0.39 is 0 Å². The third kappa shape index (κ3) is 1.26. The molecule has 0 saturated heterocycles. The van der Waals surface area contributed by atoms with Crippen molar-refractivity contribution in [1.29, 1.82) is 0 Å². The van der Waals surface area contributed by atoms with Crippen LogP contribution in [-0.2, 0) is 6.42 Å². The maximum atomic E-state index is 10.3. The van der Waals surface area contributed by atoms with Crippen molar-refractivity contribution in [3.8, 4) is 0 Å². The fourth-order valence-electron chi connectivity index (χ4n) is 0.679. The lowest BCUT2D eigenvalue weighted by Gasteiger charge is -1.84. The monoisotopic (exact) mass is 203 g/mol. The van der Waals surface area contributed by atoms with Gasteiger partial charge in [-0.05, 0) is 0 Å². The lowest BCUT2D eigenvalue weighted by Crippen LogP contribution is -1.85. The quantitative estimate of drug-likeness (QED) is 0.690. The van der Waals surface area contributed by atoms with Crippen LogP contribution in [0.5, 0.6) is 0 Å². The molecular weight excluding hydrogens is 198 g/mol. The summed E-state index contributed by atoms with van der Waals surface area (Å²) in [6.07, 6.45) is 1.37. The number of nitrogens with zero attached hydrogens (tertiary/aromatic N) is 1. The van der Waals surface area contributed by atoms with E-state index in [1.54, 1.807) is 0 Å². The molecule has 0 atom stereocenters. The summed E-state index contributed by atoms with van der Waals surface area (Å²) in [5.74, 6) is 0.627. The van der Waals surface area contributed by atoms with Crippen molar-refractivity contribution >= 4 is 22.2 Å². The van der Waals surface area contributed by atoms with Gasteiger partial charge < -0.3 is 4.42 Å². The smallest absolute Gasteiger partial charge is 0.264 e. The molecule has 0 spiro atoms. The predicted molar refractivity (Wildman–Crippen MR) is 39.0 cm³/mol. The molecule has 0 bridgehead atoms. The van der Waals surface area contributed by atoms with E-state index in [1.807, 2.05) is 6.92 Å². The van der Waals surface area contributed by atoms with Gasteiger partial charge in [-0.15, -0.1) is 0 Å². The molecule has 0 radical (unpaired) electrons. The fourth-order valence-corrected chi connectivity index (χ4v) is 1.07. The van der Waals surface area contributed by atoms with Crippen LogP contribution in [0.25, 0.3) is 0 Å². The summed E-state index contributed by atoms with van der Waals surface area (Å²) in [6.45, 7) is 1.90. The van der Waals surface area contributed by atoms with Crippen LogP contribution in [0.15, 0.2) is 9.22 Å². The topological polar surface area (TPSA) is 43.1 Å². The highest BCUT2D eigenvalue weighted by atomic mass is 79.9. The molecule has 0 aliphatic heterocycles. The van der Waals surface area contributed by atoms with E-state index in [9.17, 15) is 4.79 Å². The molecule has 1 aromatic rings. The molecule has 10 heavy (non-hydrogen) atoms. The Bertz CT molecular complexity index is 244. The highest BCUT2D eigenvalue weighted by molar-refractivity contribution is 9.10. The molecule has 3 nitrogen and oxygen atoms in total. The molecule has 54 valence electrons. The van der Waals surface area contributed by atoms with Gasteiger partial charge in [-0.3, -0.25) is 4.79 Å². The van der Waals surface area contributed by atoms with Crippen molar-refractivity contribution in [3.05, 3.63) is 16.3 Å². The van der Waals surface area contributed by atoms with Gasteiger partial charge in [0.1, 0.15) is 11.5 Å². The summed E-state index contributed by atoms with van der Waals surface area (Å²) >= 11 is 3.03. The highest BCUT2D eigenvalue weighted by Crippen LogP contribution is 2.14. The number of halogens is 1. The van der Waals surface area contributed by atoms with E-state index in [4.69, 9.17) is 4.42 Å². The third-order valence-corrected chi connectivity index (χ3v) is 1.47. The van der Waals surface area contributed by atoms with E-state index in [0.717, 1.165) is 0 Å². The fraction of sp³-hybridized carbons (Fsp3) is 0.333. The number of aryl methyl sites for hydroxylation is 1. The Morgan fingerprint density at radius 3 is 2.90 bits per heavy atom. The van der Waals surface area contributed by atoms with E-state index in [2.05, 4.69) is 20.9 Å². The van der Waals surface area contributed by atoms with Crippen LogP contribution in [0.2, 0.25) is 0 Å². The van der Waals surface area contributed by atoms with Gasteiger partial charge in [0.25, 0.3) is 4.80 Å². The average molecular weight is 204 g/mol. The number of carbonyl (C=O) groups is 1. The number of carbonyl (C=O) groups excluding carboxylic acids is 1. The molecule has 1 heterocycles. The minimum atomic E-state index is 0.367. The molecule has 0 aliphatic carbocycles. The summed E-state index contributed by atoms with van der Waals surface area (Å²) in [6, 6.07) is 0. The highest BCUT2D eigenvalue weighted by Gasteiger charge is 2.07. The molecule has 0 fully saturated rings. The number of oxazole rings is 1. The molecule has 4 heteroatoms. The lowest BCUT2D eigenvalue weighted by atomic mass is 10.3. The van der Waals surface area contributed by atoms with Gasteiger partial charge in [0.05, 0.1) is 0 Å². The molecule has 0 N–H and O–H groups in total. The first-order valence-electron chi connectivity index (χ1n) is 2.88. The zero-order valence-electron chi connectivity index (χ0n) is 5.43. The van der Waals surface area contributed by atoms with Gasteiger partial charge >= 0.3 is 0 Å². The number of rotatable bonds is 2. The predicted octanol–water partition coefficient (Wildman–Crippen LogP) is 1.81. The Morgan fingerprint density at radius 2 is 2.50 bits per heavy atom. The molecule has 0 saturated carbocycles. The SMILES string of the molecule is CCc1oc(Br)nc1C=O. The average Bonchev–Trinajstić information content (AvgIpc) is 2.30. The summed E-state index contributed by atoms with van der Waals surface area (Å²) in [5.41, 5.74) is 0.384. The Labute approximate surface area is 66.6 Å². The van der Waals surface area contributed by atoms with Gasteiger partial charge in [-0.1, -0.05) is 6.92 Å². The van der Waals surface area contributed by atoms with Crippen LogP contribution < -0.4 is 0 Å². The second-order valence-electron chi connectivity index (χ2n) is 1.75. The van der Waals surface area contributed by atoms with Crippen molar-refractivity contribution in [2.24, 2.45) is 0 Å². The number of aldehydes is 1. The first kappa shape index (κ1) is 7.47. The van der Waals surface area contributed by atoms with Gasteiger partial charge in [0.2, 0.25) is 0 Å². The zero-order chi connectivity index (χ0) is 7.56. The van der Waals surface area contributed by atoms with Crippen LogP contribution in [0.1, 0.15) is 23.2 Å². The van der Waals surface area contributed by atoms with E-state index in [1.165, 1.54) is 0 Å². The summed E-state index contributed by atoms with van der Waals surface area (Å²) in [7, 11) is 0. The maximum absolute atomic E-state index is 10.3. The lowest BCUT2D eigenvalue weighted by molar-refractivity contribution is 0.111. The molecule has 0 amide bonds. The van der Waals surface area contributed by atoms with E-state index in [-0.39, 0.29) is 0 Å². The Hall–Kier alpha value is -0.640. The van der Waals surface area contributed by atoms with Gasteiger partial charge in [0.15, 0.2) is 6.29 Å². The van der Waals surface area contributed by atoms with Crippen molar-refractivity contribution in [3.63, 3.8) is 0 Å². The zero-order valence-corrected chi connectivity index (χ0v) is 7.01. The normalized spacial score (nSPS) is 9.80. The molecule has 1 rings (SSSR count). The van der Waals surface area contributed by atoms with Crippen LogP contribution in [0.3, 0.4) is 0 Å². The van der Waals surface area contributed by atoms with Crippen molar-refractivity contribution in [2.75, 3.05) is 0 Å². The number of aromatic nitrogens is 1. The molecule has 0 aliphatic rings. The number of hydrogen-bond acceptors (Lipinski definition) is 3. The Kier molecular flexibility index (Phi) is 2.21.